The number of nitrogens with one attached hydrogen (secondary N) is 1. The average molecular weight is 417 g/mol. The first-order valence-electron chi connectivity index (χ1n) is 9.40. The third-order valence-electron chi connectivity index (χ3n) is 5.25. The standard InChI is InChI=1S/C22H18F3NO4/c23-22(24,25)14-4-5-15-13(6-7-30-20(15)10-14)9-21(29)26-17-3-1-2-12-8-18(27)19(28)11-16(12)17/h1-5,9-10,19,28H,6-8,11H2,(H,26,29)/b13-9+. The molecule has 2 N–H and O–H groups in total. The van der Waals surface area contributed by atoms with Gasteiger partial charge in [0.05, 0.1) is 12.2 Å². The van der Waals surface area contributed by atoms with E-state index in [4.69, 9.17) is 4.74 Å². The number of amides is 1. The van der Waals surface area contributed by atoms with Gasteiger partial charge in [-0.1, -0.05) is 18.2 Å². The van der Waals surface area contributed by atoms with Crippen LogP contribution in [0.4, 0.5) is 18.9 Å². The lowest BCUT2D eigenvalue weighted by atomic mass is 9.87. The highest BCUT2D eigenvalue weighted by Crippen LogP contribution is 2.38. The van der Waals surface area contributed by atoms with Crippen molar-refractivity contribution in [3.8, 4) is 5.75 Å². The fraction of sp³-hybridized carbons (Fsp3) is 0.273. The number of ketones is 1. The van der Waals surface area contributed by atoms with Crippen molar-refractivity contribution in [1.29, 1.82) is 0 Å². The summed E-state index contributed by atoms with van der Waals surface area (Å²) in [6.07, 6.45) is -3.62. The van der Waals surface area contributed by atoms with E-state index in [9.17, 15) is 27.9 Å². The number of benzene rings is 2. The normalized spacial score (nSPS) is 19.7. The molecule has 0 saturated heterocycles. The lowest BCUT2D eigenvalue weighted by molar-refractivity contribution is -0.137. The van der Waals surface area contributed by atoms with Crippen molar-refractivity contribution in [3.63, 3.8) is 0 Å². The number of hydrogen-bond acceptors (Lipinski definition) is 4. The van der Waals surface area contributed by atoms with Crippen molar-refractivity contribution in [2.24, 2.45) is 0 Å². The van der Waals surface area contributed by atoms with Gasteiger partial charge >= 0.3 is 6.18 Å². The first kappa shape index (κ1) is 20.2. The minimum Gasteiger partial charge on any atom is -0.493 e. The first-order chi connectivity index (χ1) is 14.2. The maximum Gasteiger partial charge on any atom is 0.416 e. The highest BCUT2D eigenvalue weighted by atomic mass is 19.4. The van der Waals surface area contributed by atoms with Gasteiger partial charge < -0.3 is 15.2 Å². The average Bonchev–Trinajstić information content (AvgIpc) is 2.68. The monoisotopic (exact) mass is 417 g/mol. The molecule has 5 nitrogen and oxygen atoms in total. The van der Waals surface area contributed by atoms with E-state index in [2.05, 4.69) is 5.32 Å². The molecule has 2 aromatic carbocycles. The van der Waals surface area contributed by atoms with Gasteiger partial charge in [0.2, 0.25) is 5.91 Å². The van der Waals surface area contributed by atoms with Gasteiger partial charge in [-0.05, 0) is 34.9 Å². The minimum atomic E-state index is -4.48. The number of aliphatic hydroxyl groups is 1. The summed E-state index contributed by atoms with van der Waals surface area (Å²) in [5.41, 5.74) is 2.17. The highest BCUT2D eigenvalue weighted by molar-refractivity contribution is 6.05. The van der Waals surface area contributed by atoms with Crippen LogP contribution in [-0.2, 0) is 28.6 Å². The Balaban J connectivity index is 1.59. The molecule has 0 radical (unpaired) electrons. The van der Waals surface area contributed by atoms with Crippen LogP contribution in [0.25, 0.3) is 5.57 Å². The number of carbonyl (C=O) groups is 2. The van der Waals surface area contributed by atoms with Crippen LogP contribution in [0.15, 0.2) is 42.5 Å². The summed E-state index contributed by atoms with van der Waals surface area (Å²) >= 11 is 0. The zero-order chi connectivity index (χ0) is 21.5. The predicted octanol–water partition coefficient (Wildman–Crippen LogP) is 3.54. The summed E-state index contributed by atoms with van der Waals surface area (Å²) < 4.78 is 44.1. The van der Waals surface area contributed by atoms with E-state index < -0.39 is 23.8 Å². The molecule has 1 aliphatic carbocycles. The zero-order valence-electron chi connectivity index (χ0n) is 15.8. The van der Waals surface area contributed by atoms with E-state index >= 15 is 0 Å². The number of alkyl halides is 3. The van der Waals surface area contributed by atoms with Crippen LogP contribution in [-0.4, -0.2) is 29.5 Å². The van der Waals surface area contributed by atoms with Crippen LogP contribution < -0.4 is 10.1 Å². The summed E-state index contributed by atoms with van der Waals surface area (Å²) in [6, 6.07) is 8.39. The number of rotatable bonds is 2. The SMILES string of the molecule is O=C(/C=C1\CCOc2cc(C(F)(F)F)ccc21)Nc1cccc2c1CC(O)C(=O)C2. The minimum absolute atomic E-state index is 0.0915. The summed E-state index contributed by atoms with van der Waals surface area (Å²) in [4.78, 5) is 24.3. The Kier molecular flexibility index (Phi) is 5.11. The van der Waals surface area contributed by atoms with Gasteiger partial charge in [-0.15, -0.1) is 0 Å². The number of halogens is 3. The number of anilines is 1. The third kappa shape index (κ3) is 3.95. The largest absolute Gasteiger partial charge is 0.493 e. The fourth-order valence-electron chi connectivity index (χ4n) is 3.74. The van der Waals surface area contributed by atoms with E-state index in [1.165, 1.54) is 12.1 Å². The molecular formula is C22H18F3NO4. The lowest BCUT2D eigenvalue weighted by Crippen LogP contribution is -2.30. The van der Waals surface area contributed by atoms with Crippen LogP contribution in [0, 0.1) is 0 Å². The Morgan fingerprint density at radius 1 is 1.23 bits per heavy atom. The van der Waals surface area contributed by atoms with E-state index in [-0.39, 0.29) is 31.0 Å². The molecule has 2 aromatic rings. The number of ether oxygens (including phenoxy) is 1. The molecule has 0 spiro atoms. The number of aliphatic hydroxyl groups excluding tert-OH is 1. The van der Waals surface area contributed by atoms with E-state index in [1.807, 2.05) is 0 Å². The molecule has 1 amide bonds. The van der Waals surface area contributed by atoms with Crippen molar-refractivity contribution in [1.82, 2.24) is 0 Å². The van der Waals surface area contributed by atoms with Gasteiger partial charge in [-0.3, -0.25) is 9.59 Å². The molecule has 1 unspecified atom stereocenters. The Morgan fingerprint density at radius 2 is 2.03 bits per heavy atom. The molecule has 8 heteroatoms. The van der Waals surface area contributed by atoms with Crippen LogP contribution in [0.3, 0.4) is 0 Å². The molecule has 30 heavy (non-hydrogen) atoms. The number of Topliss-reactive ketones (excluding diaryl/α,β-unsaturated/α-hetero) is 1. The quantitative estimate of drug-likeness (QED) is 0.733. The van der Waals surface area contributed by atoms with E-state index in [0.717, 1.165) is 17.7 Å². The molecule has 0 aromatic heterocycles. The van der Waals surface area contributed by atoms with Gasteiger partial charge in [0, 0.05) is 36.6 Å². The second-order valence-electron chi connectivity index (χ2n) is 7.27. The van der Waals surface area contributed by atoms with Crippen molar-refractivity contribution >= 4 is 23.0 Å². The molecule has 2 aliphatic rings. The second kappa shape index (κ2) is 7.60. The number of fused-ring (bicyclic) bond motifs is 2. The molecule has 0 saturated carbocycles. The van der Waals surface area contributed by atoms with Crippen LogP contribution in [0.2, 0.25) is 0 Å². The van der Waals surface area contributed by atoms with Gasteiger partial charge in [0.15, 0.2) is 5.78 Å². The molecule has 1 atom stereocenters. The smallest absolute Gasteiger partial charge is 0.416 e. The van der Waals surface area contributed by atoms with Crippen molar-refractivity contribution in [2.45, 2.75) is 31.5 Å². The number of carbonyl (C=O) groups excluding carboxylic acids is 2. The van der Waals surface area contributed by atoms with Gasteiger partial charge in [0.1, 0.15) is 11.9 Å². The Labute approximate surface area is 170 Å². The molecule has 156 valence electrons. The summed E-state index contributed by atoms with van der Waals surface area (Å²) in [5.74, 6) is -0.614. The van der Waals surface area contributed by atoms with Crippen molar-refractivity contribution in [2.75, 3.05) is 11.9 Å². The Morgan fingerprint density at radius 3 is 2.80 bits per heavy atom. The molecule has 0 fully saturated rings. The fourth-order valence-corrected chi connectivity index (χ4v) is 3.74. The predicted molar refractivity (Wildman–Crippen MR) is 103 cm³/mol. The summed E-state index contributed by atoms with van der Waals surface area (Å²) in [5, 5.41) is 12.6. The first-order valence-corrected chi connectivity index (χ1v) is 9.40. The summed E-state index contributed by atoms with van der Waals surface area (Å²) in [6.45, 7) is 0.169. The van der Waals surface area contributed by atoms with E-state index in [0.29, 0.717) is 28.8 Å². The van der Waals surface area contributed by atoms with Crippen LogP contribution in [0.5, 0.6) is 5.75 Å². The highest BCUT2D eigenvalue weighted by Gasteiger charge is 2.32. The molecular weight excluding hydrogens is 399 g/mol. The van der Waals surface area contributed by atoms with Crippen LogP contribution in [0.1, 0.15) is 28.7 Å². The zero-order valence-corrected chi connectivity index (χ0v) is 15.8. The molecule has 4 rings (SSSR count). The van der Waals surface area contributed by atoms with Gasteiger partial charge in [-0.2, -0.15) is 13.2 Å². The molecule has 0 bridgehead atoms. The Bertz CT molecular complexity index is 1060. The van der Waals surface area contributed by atoms with Crippen molar-refractivity contribution in [3.05, 3.63) is 64.7 Å². The summed E-state index contributed by atoms with van der Waals surface area (Å²) in [7, 11) is 0. The van der Waals surface area contributed by atoms with Gasteiger partial charge in [0.25, 0.3) is 0 Å². The maximum atomic E-state index is 12.9. The lowest BCUT2D eigenvalue weighted by Gasteiger charge is -2.23. The van der Waals surface area contributed by atoms with Gasteiger partial charge in [-0.25, -0.2) is 0 Å². The van der Waals surface area contributed by atoms with E-state index in [1.54, 1.807) is 18.2 Å². The topological polar surface area (TPSA) is 75.6 Å². The molecule has 1 heterocycles. The van der Waals surface area contributed by atoms with Crippen LogP contribution >= 0.6 is 0 Å². The van der Waals surface area contributed by atoms with Crippen molar-refractivity contribution < 1.29 is 32.6 Å². The number of hydrogen-bond donors (Lipinski definition) is 2. The Hall–Kier alpha value is -3.13. The third-order valence-corrected chi connectivity index (χ3v) is 5.25. The second-order valence-corrected chi connectivity index (χ2v) is 7.27. The maximum absolute atomic E-state index is 12.9. The molecule has 1 aliphatic heterocycles.